The number of nitrogens with zero attached hydrogens (tertiary/aromatic N) is 5. The second kappa shape index (κ2) is 68.5. The fraction of sp³-hybridized carbons (Fsp3) is 0.819. The van der Waals surface area contributed by atoms with Crippen LogP contribution in [0.2, 0.25) is 0 Å². The molecule has 0 saturated carbocycles. The summed E-state index contributed by atoms with van der Waals surface area (Å²) in [4.78, 5) is 120. The number of hydrogen-bond donors (Lipinski definition) is 2. The molecule has 2 aliphatic heterocycles. The topological polar surface area (TPSA) is 304 Å². The van der Waals surface area contributed by atoms with Gasteiger partial charge in [0, 0.05) is 141 Å². The van der Waals surface area contributed by atoms with E-state index in [0.29, 0.717) is 163 Å². The number of amides is 7. The molecule has 0 aromatic rings. The van der Waals surface area contributed by atoms with Crippen molar-refractivity contribution in [2.75, 3.05) is 214 Å². The van der Waals surface area contributed by atoms with E-state index < -0.39 is 22.7 Å². The van der Waals surface area contributed by atoms with Gasteiger partial charge >= 0.3 is 12.2 Å². The summed E-state index contributed by atoms with van der Waals surface area (Å²) in [5.74, 6) is 0.698. The number of likely N-dealkylation sites (tertiary alicyclic amines) is 2. The smallest absolute Gasteiger partial charge is 0.407 e. The molecule has 0 bridgehead atoms. The van der Waals surface area contributed by atoms with Crippen LogP contribution in [0.1, 0.15) is 154 Å². The molecule has 586 valence electrons. The number of alkyl carbamates (subject to hydrolysis) is 1. The lowest BCUT2D eigenvalue weighted by molar-refractivity contribution is -0.140. The molecule has 27 nitrogen and oxygen atoms in total. The maximum absolute atomic E-state index is 13.4. The summed E-state index contributed by atoms with van der Waals surface area (Å²) in [6.07, 6.45) is 23.0. The number of ketones is 2. The molecule has 3 atom stereocenters. The molecule has 3 aliphatic rings. The molecular formula is C72H130N6O21S2. The van der Waals surface area contributed by atoms with Crippen LogP contribution in [-0.4, -0.2) is 313 Å². The van der Waals surface area contributed by atoms with Crippen LogP contribution >= 0.6 is 23.5 Å². The summed E-state index contributed by atoms with van der Waals surface area (Å²) >= 11 is 3.00. The molecule has 2 heterocycles. The molecule has 3 unspecified atom stereocenters. The van der Waals surface area contributed by atoms with Crippen LogP contribution in [0.4, 0.5) is 9.59 Å². The number of carbonyl (C=O) groups excluding carboxylic acids is 8. The van der Waals surface area contributed by atoms with Crippen molar-refractivity contribution in [2.24, 2.45) is 0 Å². The first-order valence-corrected chi connectivity index (χ1v) is 38.4. The number of allylic oxidation sites excluding steroid dienone is 4. The quantitative estimate of drug-likeness (QED) is 0.0425. The van der Waals surface area contributed by atoms with Crippen molar-refractivity contribution in [1.29, 1.82) is 0 Å². The number of methoxy groups -OCH3 is 5. The zero-order valence-corrected chi connectivity index (χ0v) is 64.6. The van der Waals surface area contributed by atoms with Gasteiger partial charge in [-0.3, -0.25) is 43.4 Å². The summed E-state index contributed by atoms with van der Waals surface area (Å²) in [7, 11) is 15.2. The second-order valence-corrected chi connectivity index (χ2v) is 27.2. The first-order valence-electron chi connectivity index (χ1n) is 36.3. The van der Waals surface area contributed by atoms with Gasteiger partial charge in [-0.15, -0.1) is 23.5 Å². The first-order chi connectivity index (χ1) is 48.9. The number of unbranched alkanes of at least 4 members (excludes halogenated alkanes) is 9. The Balaban J connectivity index is 0.00000366. The highest BCUT2D eigenvalue weighted by atomic mass is 32.2. The monoisotopic (exact) mass is 1480 g/mol. The summed E-state index contributed by atoms with van der Waals surface area (Å²) < 4.78 is 57.4. The van der Waals surface area contributed by atoms with Gasteiger partial charge in [-0.05, 0) is 116 Å². The molecule has 29 heteroatoms. The Morgan fingerprint density at radius 1 is 0.495 bits per heavy atom. The van der Waals surface area contributed by atoms with E-state index in [1.165, 1.54) is 58.1 Å². The Morgan fingerprint density at radius 3 is 1.39 bits per heavy atom. The Kier molecular flexibility index (Phi) is 65.3. The SMILES string of the molecule is C1=CCCC=C1.CN(C)CCCN(C)C(=O)O.CNC(=O)OCCCCC(=O)N(CCCCCCSC1CC(=O)N(CCC(=O)CCCCOCCOCCOC)C1=O)CCCCCCSC1CC(=O)N(CCC(=O)CCCCOCC(COCCOC)OCCOC)C1=O.COCCOC. The zero-order chi connectivity index (χ0) is 74.8. The van der Waals surface area contributed by atoms with Gasteiger partial charge in [-0.1, -0.05) is 50.0 Å². The van der Waals surface area contributed by atoms with Crippen molar-refractivity contribution >= 4 is 76.8 Å². The lowest BCUT2D eigenvalue weighted by Gasteiger charge is -2.23. The summed E-state index contributed by atoms with van der Waals surface area (Å²) in [5, 5.41) is 10.0. The van der Waals surface area contributed by atoms with Gasteiger partial charge in [0.2, 0.25) is 29.5 Å². The predicted molar refractivity (Wildman–Crippen MR) is 394 cm³/mol. The molecule has 0 spiro atoms. The third-order valence-electron chi connectivity index (χ3n) is 15.8. The number of carboxylic acid groups (broad SMARTS) is 1. The molecule has 3 rings (SSSR count). The van der Waals surface area contributed by atoms with Gasteiger partial charge in [-0.2, -0.15) is 0 Å². The fourth-order valence-electron chi connectivity index (χ4n) is 9.82. The number of Topliss-reactive ketones (excluding diaryl/α,β-unsaturated/α-hetero) is 2. The Morgan fingerprint density at radius 2 is 0.921 bits per heavy atom. The van der Waals surface area contributed by atoms with Crippen molar-refractivity contribution < 1.29 is 100 Å². The number of nitrogens with one attached hydrogen (secondary N) is 1. The van der Waals surface area contributed by atoms with Crippen molar-refractivity contribution in [2.45, 2.75) is 171 Å². The van der Waals surface area contributed by atoms with Crippen LogP contribution in [0.5, 0.6) is 0 Å². The Labute approximate surface area is 612 Å². The highest BCUT2D eigenvalue weighted by Crippen LogP contribution is 2.28. The van der Waals surface area contributed by atoms with Crippen LogP contribution in [0.3, 0.4) is 0 Å². The number of rotatable bonds is 61. The maximum atomic E-state index is 13.4. The molecule has 0 aromatic carbocycles. The third-order valence-corrected chi connectivity index (χ3v) is 18.4. The normalized spacial score (nSPS) is 15.1. The molecule has 7 amide bonds. The highest BCUT2D eigenvalue weighted by molar-refractivity contribution is 8.00. The molecule has 0 radical (unpaired) electrons. The van der Waals surface area contributed by atoms with Gasteiger partial charge in [0.15, 0.2) is 0 Å². The largest absolute Gasteiger partial charge is 0.465 e. The van der Waals surface area contributed by atoms with E-state index in [4.69, 9.17) is 47.7 Å². The Bertz CT molecular complexity index is 2210. The molecule has 2 saturated heterocycles. The van der Waals surface area contributed by atoms with E-state index in [9.17, 15) is 43.2 Å². The number of imide groups is 2. The van der Waals surface area contributed by atoms with Crippen LogP contribution in [0.15, 0.2) is 24.3 Å². The third kappa shape index (κ3) is 55.5. The van der Waals surface area contributed by atoms with Crippen LogP contribution in [-0.2, 0) is 85.7 Å². The molecule has 0 aromatic heterocycles. The van der Waals surface area contributed by atoms with E-state index in [-0.39, 0.29) is 92.6 Å². The van der Waals surface area contributed by atoms with Gasteiger partial charge in [0.05, 0.1) is 96.4 Å². The zero-order valence-electron chi connectivity index (χ0n) is 62.9. The van der Waals surface area contributed by atoms with E-state index in [2.05, 4.69) is 39.1 Å². The average molecular weight is 1480 g/mol. The van der Waals surface area contributed by atoms with Crippen molar-refractivity contribution in [3.8, 4) is 0 Å². The second-order valence-electron chi connectivity index (χ2n) is 24.6. The first kappa shape index (κ1) is 96.4. The fourth-order valence-corrected chi connectivity index (χ4v) is 12.2. The van der Waals surface area contributed by atoms with Crippen molar-refractivity contribution in [3.05, 3.63) is 24.3 Å². The predicted octanol–water partition coefficient (Wildman–Crippen LogP) is 8.55. The van der Waals surface area contributed by atoms with Crippen molar-refractivity contribution in [1.82, 2.24) is 29.8 Å². The van der Waals surface area contributed by atoms with Crippen LogP contribution in [0.25, 0.3) is 0 Å². The van der Waals surface area contributed by atoms with E-state index >= 15 is 0 Å². The number of carbonyl (C=O) groups is 9. The molecular weight excluding hydrogens is 1350 g/mol. The maximum Gasteiger partial charge on any atom is 0.407 e. The lowest BCUT2D eigenvalue weighted by Crippen LogP contribution is -2.33. The molecule has 1 aliphatic carbocycles. The van der Waals surface area contributed by atoms with Gasteiger partial charge in [0.1, 0.15) is 17.7 Å². The standard InChI is InChI=1S/C55H96N4O17S2.C7H16N2O2.C6H8.C4H10O2/c1-56-55(67)76-30-16-11-21-50(62)57(24-12-5-7-17-39-77-48-41-51(63)58(53(48)65)26-22-45(60)19-9-14-28-71-36-37-72-34-31-68-2)25-13-6-8-18-40-78-49-42-52(64)59(54(49)66)27-23-46(61)20-10-15-29-73-43-47(75-38-33-70-4)44-74-35-32-69-3;1-8(2)5-4-6-9(3)7(10)11;1-2-4-6-5-3-1;1-5-3-4-6-2/h47-49H,5-44H2,1-4H3,(H,56,67);4-6H2,1-3H3,(H,10,11);1-4H,5-6H2;3-4H2,1-2H3. The molecule has 2 N–H and O–H groups in total. The minimum atomic E-state index is -0.858. The Hall–Kier alpha value is -4.63. The lowest BCUT2D eigenvalue weighted by atomic mass is 10.1. The molecule has 101 heavy (non-hydrogen) atoms. The highest BCUT2D eigenvalue weighted by Gasteiger charge is 2.39. The number of thioether (sulfide) groups is 2. The number of ether oxygens (including phenoxy) is 11. The van der Waals surface area contributed by atoms with Crippen LogP contribution in [0, 0.1) is 0 Å². The average Bonchev–Trinajstić information content (AvgIpc) is 1.70. The van der Waals surface area contributed by atoms with Gasteiger partial charge < -0.3 is 77.2 Å². The summed E-state index contributed by atoms with van der Waals surface area (Å²) in [5.41, 5.74) is 0. The van der Waals surface area contributed by atoms with Gasteiger partial charge in [0.25, 0.3) is 0 Å². The van der Waals surface area contributed by atoms with E-state index in [1.54, 1.807) is 42.6 Å². The van der Waals surface area contributed by atoms with E-state index in [0.717, 1.165) is 82.3 Å². The molecule has 2 fully saturated rings. The minimum absolute atomic E-state index is 0.00868. The minimum Gasteiger partial charge on any atom is -0.465 e. The summed E-state index contributed by atoms with van der Waals surface area (Å²) in [6, 6.07) is 0. The van der Waals surface area contributed by atoms with Crippen molar-refractivity contribution in [3.63, 3.8) is 0 Å². The summed E-state index contributed by atoms with van der Waals surface area (Å²) in [6.45, 7) is 10.3. The van der Waals surface area contributed by atoms with Gasteiger partial charge in [-0.25, -0.2) is 9.59 Å². The number of hydrogen-bond acceptors (Lipinski definition) is 23. The van der Waals surface area contributed by atoms with Crippen LogP contribution < -0.4 is 5.32 Å². The van der Waals surface area contributed by atoms with E-state index in [1.807, 2.05) is 23.9 Å².